The zero-order valence-corrected chi connectivity index (χ0v) is 13.3. The van der Waals surface area contributed by atoms with E-state index in [2.05, 4.69) is 0 Å². The third-order valence-electron chi connectivity index (χ3n) is 0.988. The SMILES string of the molecule is CC(C)(C)Oc1cc[c]([Sn+])o1.CN(C)C. The Morgan fingerprint density at radius 3 is 1.93 bits per heavy atom. The van der Waals surface area contributed by atoms with Crippen molar-refractivity contribution in [1.82, 2.24) is 4.90 Å². The van der Waals surface area contributed by atoms with E-state index >= 15 is 0 Å². The molecule has 0 atom stereocenters. The van der Waals surface area contributed by atoms with Gasteiger partial charge in [0.15, 0.2) is 0 Å². The molecule has 0 bridgehead atoms. The van der Waals surface area contributed by atoms with Gasteiger partial charge in [0.05, 0.1) is 0 Å². The number of nitrogens with zero attached hydrogens (tertiary/aromatic N) is 1. The summed E-state index contributed by atoms with van der Waals surface area (Å²) >= 11 is 1.28. The van der Waals surface area contributed by atoms with E-state index in [4.69, 9.17) is 9.15 Å². The van der Waals surface area contributed by atoms with E-state index in [9.17, 15) is 0 Å². The van der Waals surface area contributed by atoms with Crippen molar-refractivity contribution in [2.45, 2.75) is 26.4 Å². The van der Waals surface area contributed by atoms with Crippen LogP contribution < -0.4 is 8.51 Å². The molecule has 0 aliphatic carbocycles. The van der Waals surface area contributed by atoms with Crippen LogP contribution in [0, 0.1) is 0 Å². The zero-order valence-electron chi connectivity index (χ0n) is 10.4. The summed E-state index contributed by atoms with van der Waals surface area (Å²) in [7, 11) is 6.00. The maximum atomic E-state index is 5.47. The van der Waals surface area contributed by atoms with Crippen molar-refractivity contribution in [3.63, 3.8) is 0 Å². The molecule has 1 heterocycles. The molecule has 0 aliphatic rings. The van der Waals surface area contributed by atoms with Gasteiger partial charge in [0.1, 0.15) is 0 Å². The molecule has 4 heteroatoms. The molecule has 0 saturated heterocycles. The number of hydrogen-bond donors (Lipinski definition) is 0. The minimum absolute atomic E-state index is 0.166. The summed E-state index contributed by atoms with van der Waals surface area (Å²) in [6.45, 7) is 5.99. The minimum atomic E-state index is -0.166. The molecule has 0 spiro atoms. The topological polar surface area (TPSA) is 25.6 Å². The van der Waals surface area contributed by atoms with Crippen molar-refractivity contribution in [2.24, 2.45) is 0 Å². The fraction of sp³-hybridized carbons (Fsp3) is 0.636. The van der Waals surface area contributed by atoms with Gasteiger partial charge in [-0.05, 0) is 21.1 Å². The van der Waals surface area contributed by atoms with Crippen LogP contribution in [0.3, 0.4) is 0 Å². The first-order chi connectivity index (χ1) is 6.70. The van der Waals surface area contributed by atoms with Crippen LogP contribution in [0.25, 0.3) is 0 Å². The van der Waals surface area contributed by atoms with Crippen molar-refractivity contribution >= 4 is 26.3 Å². The van der Waals surface area contributed by atoms with Gasteiger partial charge < -0.3 is 4.90 Å². The van der Waals surface area contributed by atoms with Crippen LogP contribution in [0.5, 0.6) is 5.95 Å². The molecular formula is C11H20NO2Sn+. The maximum absolute atomic E-state index is 5.47. The Labute approximate surface area is 106 Å². The van der Waals surface area contributed by atoms with E-state index in [1.807, 2.05) is 58.9 Å². The Kier molecular flexibility index (Phi) is 6.36. The van der Waals surface area contributed by atoms with Gasteiger partial charge in [0, 0.05) is 0 Å². The van der Waals surface area contributed by atoms with Crippen LogP contribution in [0.2, 0.25) is 0 Å². The number of ether oxygens (including phenoxy) is 1. The molecule has 0 saturated carbocycles. The molecule has 1 aromatic heterocycles. The Bertz CT molecular complexity index is 274. The second-order valence-electron chi connectivity index (χ2n) is 4.67. The first kappa shape index (κ1) is 14.8. The molecule has 0 amide bonds. The van der Waals surface area contributed by atoms with E-state index in [0.717, 1.165) is 3.78 Å². The van der Waals surface area contributed by atoms with Crippen molar-refractivity contribution in [3.05, 3.63) is 12.1 Å². The molecule has 3 nitrogen and oxygen atoms in total. The summed E-state index contributed by atoms with van der Waals surface area (Å²) in [6.07, 6.45) is 0. The molecule has 0 fully saturated rings. The summed E-state index contributed by atoms with van der Waals surface area (Å²) in [5, 5.41) is 0. The molecular weight excluding hydrogens is 297 g/mol. The summed E-state index contributed by atoms with van der Waals surface area (Å²) in [6, 6.07) is 3.79. The second-order valence-corrected chi connectivity index (χ2v) is 6.08. The first-order valence-corrected chi connectivity index (χ1v) is 6.25. The van der Waals surface area contributed by atoms with E-state index in [-0.39, 0.29) is 5.60 Å². The van der Waals surface area contributed by atoms with Gasteiger partial charge in [-0.1, -0.05) is 0 Å². The van der Waals surface area contributed by atoms with Crippen molar-refractivity contribution in [1.29, 1.82) is 0 Å². The third-order valence-corrected chi connectivity index (χ3v) is 1.76. The van der Waals surface area contributed by atoms with Crippen LogP contribution in [-0.2, 0) is 0 Å². The van der Waals surface area contributed by atoms with E-state index < -0.39 is 0 Å². The molecule has 15 heavy (non-hydrogen) atoms. The van der Waals surface area contributed by atoms with Gasteiger partial charge in [-0.25, -0.2) is 0 Å². The molecule has 0 unspecified atom stereocenters. The molecule has 2 radical (unpaired) electrons. The minimum Gasteiger partial charge on any atom is -0.312 e. The summed E-state index contributed by atoms with van der Waals surface area (Å²) in [5.74, 6) is 0.615. The van der Waals surface area contributed by atoms with Gasteiger partial charge in [-0.2, -0.15) is 0 Å². The average Bonchev–Trinajstić information content (AvgIpc) is 2.29. The van der Waals surface area contributed by atoms with Gasteiger partial charge in [0.25, 0.3) is 0 Å². The standard InChI is InChI=1S/C8H11O2.C3H9N.Sn/c1-8(2,3)10-7-5-4-6-9-7;1-4(2)3;/h4-5H,1-3H3;1-3H3;/q;;+1. The predicted molar refractivity (Wildman–Crippen MR) is 64.1 cm³/mol. The molecule has 0 aliphatic heterocycles. The molecule has 1 aromatic rings. The van der Waals surface area contributed by atoms with Gasteiger partial charge >= 0.3 is 79.9 Å². The Hall–Kier alpha value is -0.161. The second kappa shape index (κ2) is 6.43. The van der Waals surface area contributed by atoms with Gasteiger partial charge in [-0.3, -0.25) is 0 Å². The number of furan rings is 1. The molecule has 0 aromatic carbocycles. The zero-order chi connectivity index (χ0) is 12.1. The van der Waals surface area contributed by atoms with Gasteiger partial charge in [0.2, 0.25) is 0 Å². The average molecular weight is 317 g/mol. The summed E-state index contributed by atoms with van der Waals surface area (Å²) in [4.78, 5) is 2.00. The smallest absolute Gasteiger partial charge is 0.0140 e. The Morgan fingerprint density at radius 2 is 1.67 bits per heavy atom. The summed E-state index contributed by atoms with van der Waals surface area (Å²) in [5.41, 5.74) is -0.166. The predicted octanol–water partition coefficient (Wildman–Crippen LogP) is 1.43. The molecule has 1 rings (SSSR count). The Balaban J connectivity index is 0.000000423. The van der Waals surface area contributed by atoms with E-state index in [1.165, 1.54) is 22.5 Å². The normalized spacial score (nSPS) is 10.9. The Morgan fingerprint density at radius 1 is 1.20 bits per heavy atom. The fourth-order valence-corrected chi connectivity index (χ4v) is 1.20. The quantitative estimate of drug-likeness (QED) is 0.733. The van der Waals surface area contributed by atoms with Crippen molar-refractivity contribution in [3.8, 4) is 5.95 Å². The fourth-order valence-electron chi connectivity index (χ4n) is 0.677. The van der Waals surface area contributed by atoms with Crippen LogP contribution in [-0.4, -0.2) is 54.2 Å². The van der Waals surface area contributed by atoms with Gasteiger partial charge in [-0.15, -0.1) is 0 Å². The van der Waals surface area contributed by atoms with Crippen LogP contribution in [0.15, 0.2) is 16.5 Å². The summed E-state index contributed by atoms with van der Waals surface area (Å²) < 4.78 is 11.7. The van der Waals surface area contributed by atoms with Crippen molar-refractivity contribution < 1.29 is 9.15 Å². The van der Waals surface area contributed by atoms with Crippen molar-refractivity contribution in [2.75, 3.05) is 21.1 Å². The third kappa shape index (κ3) is 10.1. The van der Waals surface area contributed by atoms with Crippen LogP contribution >= 0.6 is 0 Å². The van der Waals surface area contributed by atoms with E-state index in [0.29, 0.717) is 5.95 Å². The van der Waals surface area contributed by atoms with E-state index in [1.54, 1.807) is 0 Å². The van der Waals surface area contributed by atoms with Crippen LogP contribution in [0.1, 0.15) is 20.8 Å². The number of hydrogen-bond acceptors (Lipinski definition) is 3. The molecule has 0 N–H and O–H groups in total. The molecule has 84 valence electrons. The van der Waals surface area contributed by atoms with Crippen LogP contribution in [0.4, 0.5) is 0 Å². The number of rotatable bonds is 1. The first-order valence-electron chi connectivity index (χ1n) is 4.82. The maximum Gasteiger partial charge on any atom is -0.0140 e. The monoisotopic (exact) mass is 318 g/mol. The largest absolute Gasteiger partial charge is 0.312 e.